The van der Waals surface area contributed by atoms with Crippen LogP contribution in [0, 0.1) is 11.8 Å². The monoisotopic (exact) mass is 415 g/mol. The first kappa shape index (κ1) is 20.0. The lowest BCUT2D eigenvalue weighted by Crippen LogP contribution is -2.42. The van der Waals surface area contributed by atoms with Gasteiger partial charge in [0.05, 0.1) is 19.1 Å². The first-order chi connectivity index (χ1) is 14.1. The molecule has 1 saturated heterocycles. The van der Waals surface area contributed by atoms with Crippen LogP contribution < -0.4 is 9.47 Å². The summed E-state index contributed by atoms with van der Waals surface area (Å²) in [6.45, 7) is 1.80. The Morgan fingerprint density at radius 1 is 1.03 bits per heavy atom. The molecule has 1 N–H and O–H groups in total. The molecule has 6 heteroatoms. The fourth-order valence-corrected chi connectivity index (χ4v) is 4.55. The van der Waals surface area contributed by atoms with Crippen LogP contribution in [0.3, 0.4) is 0 Å². The Morgan fingerprint density at radius 2 is 1.76 bits per heavy atom. The first-order valence-corrected chi connectivity index (χ1v) is 10.5. The molecule has 4 rings (SSSR count). The first-order valence-electron chi connectivity index (χ1n) is 10.1. The quantitative estimate of drug-likeness (QED) is 0.779. The van der Waals surface area contributed by atoms with Crippen molar-refractivity contribution in [2.75, 3.05) is 19.7 Å². The van der Waals surface area contributed by atoms with Crippen LogP contribution >= 0.6 is 11.6 Å². The van der Waals surface area contributed by atoms with Gasteiger partial charge < -0.3 is 19.5 Å². The van der Waals surface area contributed by atoms with Crippen LogP contribution in [0.2, 0.25) is 5.02 Å². The molecule has 1 amide bonds. The molecule has 1 aliphatic heterocycles. The van der Waals surface area contributed by atoms with Crippen molar-refractivity contribution in [2.24, 2.45) is 11.8 Å². The summed E-state index contributed by atoms with van der Waals surface area (Å²) in [5, 5.41) is 11.2. The molecule has 0 bridgehead atoms. The fraction of sp³-hybridized carbons (Fsp3) is 0.435. The Morgan fingerprint density at radius 3 is 2.52 bits per heavy atom. The van der Waals surface area contributed by atoms with Gasteiger partial charge in [0.25, 0.3) is 0 Å². The molecule has 2 aliphatic rings. The molecule has 2 aromatic rings. The highest BCUT2D eigenvalue weighted by Crippen LogP contribution is 2.38. The molecule has 0 spiro atoms. The second kappa shape index (κ2) is 9.06. The van der Waals surface area contributed by atoms with Crippen molar-refractivity contribution < 1.29 is 19.4 Å². The van der Waals surface area contributed by atoms with E-state index in [2.05, 4.69) is 0 Å². The predicted molar refractivity (Wildman–Crippen MR) is 111 cm³/mol. The minimum atomic E-state index is -0.535. The maximum Gasteiger partial charge on any atom is 0.226 e. The third-order valence-corrected chi connectivity index (χ3v) is 6.08. The number of rotatable bonds is 6. The van der Waals surface area contributed by atoms with Crippen molar-refractivity contribution in [2.45, 2.75) is 31.5 Å². The Bertz CT molecular complexity index is 831. The van der Waals surface area contributed by atoms with E-state index < -0.39 is 6.10 Å². The second-order valence-corrected chi connectivity index (χ2v) is 8.32. The molecule has 5 nitrogen and oxygen atoms in total. The van der Waals surface area contributed by atoms with Gasteiger partial charge in [-0.25, -0.2) is 0 Å². The van der Waals surface area contributed by atoms with Gasteiger partial charge in [-0.2, -0.15) is 0 Å². The zero-order valence-corrected chi connectivity index (χ0v) is 17.0. The maximum absolute atomic E-state index is 12.6. The number of amides is 1. The molecule has 2 aromatic carbocycles. The van der Waals surface area contributed by atoms with Crippen LogP contribution in [0.15, 0.2) is 54.6 Å². The van der Waals surface area contributed by atoms with Gasteiger partial charge in [0.1, 0.15) is 17.6 Å². The van der Waals surface area contributed by atoms with E-state index in [1.807, 2.05) is 47.4 Å². The highest BCUT2D eigenvalue weighted by atomic mass is 35.5. The number of para-hydroxylation sites is 1. The average molecular weight is 416 g/mol. The van der Waals surface area contributed by atoms with Crippen molar-refractivity contribution >= 4 is 17.5 Å². The van der Waals surface area contributed by atoms with E-state index in [4.69, 9.17) is 21.1 Å². The van der Waals surface area contributed by atoms with Gasteiger partial charge in [0.15, 0.2) is 0 Å². The molecule has 1 aliphatic carbocycles. The Labute approximate surface area is 176 Å². The Kier molecular flexibility index (Phi) is 6.26. The summed E-state index contributed by atoms with van der Waals surface area (Å²) in [6.07, 6.45) is 0.945. The largest absolute Gasteiger partial charge is 0.493 e. The molecule has 1 saturated carbocycles. The van der Waals surface area contributed by atoms with Gasteiger partial charge in [-0.3, -0.25) is 4.79 Å². The number of nitrogens with zero attached hydrogens (tertiary/aromatic N) is 1. The minimum Gasteiger partial charge on any atom is -0.493 e. The lowest BCUT2D eigenvalue weighted by Gasteiger charge is -2.35. The molecular formula is C23H26ClNO4. The smallest absolute Gasteiger partial charge is 0.226 e. The molecular weight excluding hydrogens is 390 g/mol. The van der Waals surface area contributed by atoms with Crippen molar-refractivity contribution in [3.63, 3.8) is 0 Å². The third-order valence-electron chi connectivity index (χ3n) is 5.85. The van der Waals surface area contributed by atoms with Gasteiger partial charge in [0, 0.05) is 18.1 Å². The van der Waals surface area contributed by atoms with Crippen molar-refractivity contribution in [1.29, 1.82) is 0 Å². The number of halogens is 1. The van der Waals surface area contributed by atoms with E-state index in [0.717, 1.165) is 18.7 Å². The SMILES string of the molecule is O=C(CCOc1ccccc1)N1C[C@H]2C[C@@H](Oc3cccc(Cl)c3)[C@H](O)C[C@H]2C1. The molecule has 1 heterocycles. The van der Waals surface area contributed by atoms with E-state index >= 15 is 0 Å². The number of aliphatic hydroxyl groups excluding tert-OH is 1. The standard InChI is InChI=1S/C23H26ClNO4/c24-18-5-4-8-20(13-18)29-22-12-17-15-25(14-16(17)11-21(22)26)23(27)9-10-28-19-6-2-1-3-7-19/h1-8,13,16-17,21-22,26H,9-12,14-15H2/t16-,17+,21+,22+/m0/s1. The van der Waals surface area contributed by atoms with Crippen molar-refractivity contribution in [1.82, 2.24) is 4.90 Å². The summed E-state index contributed by atoms with van der Waals surface area (Å²) in [5.74, 6) is 2.23. The van der Waals surface area contributed by atoms with Crippen LogP contribution in [-0.2, 0) is 4.79 Å². The number of ether oxygens (including phenoxy) is 2. The summed E-state index contributed by atoms with van der Waals surface area (Å²) >= 11 is 6.03. The van der Waals surface area contributed by atoms with E-state index in [0.29, 0.717) is 48.6 Å². The molecule has 0 aromatic heterocycles. The highest BCUT2D eigenvalue weighted by Gasteiger charge is 2.43. The minimum absolute atomic E-state index is 0.108. The van der Waals surface area contributed by atoms with Crippen LogP contribution in [0.1, 0.15) is 19.3 Å². The Balaban J connectivity index is 1.28. The van der Waals surface area contributed by atoms with Crippen LogP contribution in [0.25, 0.3) is 0 Å². The van der Waals surface area contributed by atoms with Gasteiger partial charge in [0.2, 0.25) is 5.91 Å². The number of carbonyl (C=O) groups excluding carboxylic acids is 1. The van der Waals surface area contributed by atoms with Gasteiger partial charge in [-0.15, -0.1) is 0 Å². The van der Waals surface area contributed by atoms with Crippen molar-refractivity contribution in [3.8, 4) is 11.5 Å². The summed E-state index contributed by atoms with van der Waals surface area (Å²) in [6, 6.07) is 16.8. The predicted octanol–water partition coefficient (Wildman–Crippen LogP) is 3.79. The second-order valence-electron chi connectivity index (χ2n) is 7.88. The summed E-state index contributed by atoms with van der Waals surface area (Å²) in [4.78, 5) is 14.5. The molecule has 2 fully saturated rings. The molecule has 154 valence electrons. The number of benzene rings is 2. The molecule has 0 radical (unpaired) electrons. The zero-order valence-electron chi connectivity index (χ0n) is 16.2. The summed E-state index contributed by atoms with van der Waals surface area (Å²) in [7, 11) is 0. The number of likely N-dealkylation sites (tertiary alicyclic amines) is 1. The number of fused-ring (bicyclic) bond motifs is 1. The van der Waals surface area contributed by atoms with E-state index in [1.54, 1.807) is 12.1 Å². The van der Waals surface area contributed by atoms with Gasteiger partial charge in [-0.05, 0) is 55.0 Å². The van der Waals surface area contributed by atoms with Crippen LogP contribution in [0.4, 0.5) is 0 Å². The lowest BCUT2D eigenvalue weighted by atomic mass is 9.78. The van der Waals surface area contributed by atoms with Gasteiger partial charge in [-0.1, -0.05) is 35.9 Å². The summed E-state index contributed by atoms with van der Waals surface area (Å²) in [5.41, 5.74) is 0. The van der Waals surface area contributed by atoms with Gasteiger partial charge >= 0.3 is 0 Å². The van der Waals surface area contributed by atoms with Crippen molar-refractivity contribution in [3.05, 3.63) is 59.6 Å². The van der Waals surface area contributed by atoms with E-state index in [-0.39, 0.29) is 12.0 Å². The number of hydrogen-bond donors (Lipinski definition) is 1. The highest BCUT2D eigenvalue weighted by molar-refractivity contribution is 6.30. The summed E-state index contributed by atoms with van der Waals surface area (Å²) < 4.78 is 11.7. The number of carbonyl (C=O) groups is 1. The normalized spacial score (nSPS) is 26.1. The Hall–Kier alpha value is -2.24. The number of aliphatic hydroxyl groups is 1. The van der Waals surface area contributed by atoms with E-state index in [9.17, 15) is 9.90 Å². The molecule has 4 atom stereocenters. The fourth-order valence-electron chi connectivity index (χ4n) is 4.37. The zero-order chi connectivity index (χ0) is 20.2. The average Bonchev–Trinajstić information content (AvgIpc) is 3.12. The third kappa shape index (κ3) is 5.03. The lowest BCUT2D eigenvalue weighted by molar-refractivity contribution is -0.130. The van der Waals surface area contributed by atoms with Crippen LogP contribution in [0.5, 0.6) is 11.5 Å². The maximum atomic E-state index is 12.6. The number of hydrogen-bond acceptors (Lipinski definition) is 4. The van der Waals surface area contributed by atoms with Crippen LogP contribution in [-0.4, -0.2) is 47.8 Å². The molecule has 0 unspecified atom stereocenters. The van der Waals surface area contributed by atoms with E-state index in [1.165, 1.54) is 0 Å². The molecule has 29 heavy (non-hydrogen) atoms. The topological polar surface area (TPSA) is 59.0 Å².